The lowest BCUT2D eigenvalue weighted by Crippen LogP contribution is -2.18. The molecule has 0 bridgehead atoms. The van der Waals surface area contributed by atoms with Gasteiger partial charge >= 0.3 is 0 Å². The Hall–Kier alpha value is -0.0400. The first-order valence-corrected chi connectivity index (χ1v) is 5.57. The Morgan fingerprint density at radius 3 is 2.58 bits per heavy atom. The Bertz CT molecular complexity index is 149. The summed E-state index contributed by atoms with van der Waals surface area (Å²) in [6.07, 6.45) is 11.7. The summed E-state index contributed by atoms with van der Waals surface area (Å²) >= 11 is 0. The van der Waals surface area contributed by atoms with Crippen molar-refractivity contribution in [1.29, 1.82) is 0 Å². The van der Waals surface area contributed by atoms with Crippen LogP contribution >= 0.6 is 0 Å². The maximum Gasteiger partial charge on any atom is -0.00744 e. The van der Waals surface area contributed by atoms with Crippen LogP contribution in [0.25, 0.3) is 0 Å². The molecule has 1 heteroatoms. The molecule has 2 N–H and O–H groups in total. The van der Waals surface area contributed by atoms with Crippen LogP contribution in [0.4, 0.5) is 0 Å². The van der Waals surface area contributed by atoms with Crippen molar-refractivity contribution in [3.8, 4) is 0 Å². The van der Waals surface area contributed by atoms with Gasteiger partial charge in [0.1, 0.15) is 0 Å². The van der Waals surface area contributed by atoms with Gasteiger partial charge in [-0.3, -0.25) is 0 Å². The summed E-state index contributed by atoms with van der Waals surface area (Å²) in [5.41, 5.74) is 6.46. The Morgan fingerprint density at radius 1 is 1.08 bits per heavy atom. The summed E-state index contributed by atoms with van der Waals surface area (Å²) in [6.45, 7) is 0.909. The molecule has 0 heterocycles. The summed E-state index contributed by atoms with van der Waals surface area (Å²) in [4.78, 5) is 0. The highest BCUT2D eigenvalue weighted by molar-refractivity contribution is 4.99. The predicted octanol–water partition coefficient (Wildman–Crippen LogP) is 2.70. The highest BCUT2D eigenvalue weighted by atomic mass is 14.6. The summed E-state index contributed by atoms with van der Waals surface area (Å²) < 4.78 is 0. The Balaban J connectivity index is 1.96. The minimum Gasteiger partial charge on any atom is -0.330 e. The second-order valence-corrected chi connectivity index (χ2v) is 4.74. The fraction of sp³-hybridized carbons (Fsp3) is 1.00. The minimum absolute atomic E-state index is 0.801. The molecule has 2 saturated carbocycles. The normalized spacial score (nSPS) is 33.2. The molecular weight excluding hydrogens is 146 g/mol. The molecule has 2 rings (SSSR count). The number of hydrogen-bond acceptors (Lipinski definition) is 1. The SMILES string of the molecule is NCCC1CCCCCC12CC2. The van der Waals surface area contributed by atoms with Crippen molar-refractivity contribution in [1.82, 2.24) is 0 Å². The maximum atomic E-state index is 5.66. The zero-order chi connectivity index (χ0) is 8.44. The molecule has 1 atom stereocenters. The highest BCUT2D eigenvalue weighted by Crippen LogP contribution is 2.59. The van der Waals surface area contributed by atoms with Crippen LogP contribution in [0, 0.1) is 11.3 Å². The molecule has 0 aromatic heterocycles. The molecule has 2 aliphatic carbocycles. The van der Waals surface area contributed by atoms with Gasteiger partial charge in [0, 0.05) is 0 Å². The van der Waals surface area contributed by atoms with Crippen LogP contribution in [0.15, 0.2) is 0 Å². The van der Waals surface area contributed by atoms with Gasteiger partial charge in [0.05, 0.1) is 0 Å². The number of hydrogen-bond donors (Lipinski definition) is 1. The summed E-state index contributed by atoms with van der Waals surface area (Å²) in [6, 6.07) is 0. The van der Waals surface area contributed by atoms with E-state index < -0.39 is 0 Å². The van der Waals surface area contributed by atoms with Crippen molar-refractivity contribution in [2.45, 2.75) is 51.4 Å². The summed E-state index contributed by atoms with van der Waals surface area (Å²) in [7, 11) is 0. The van der Waals surface area contributed by atoms with E-state index in [1.54, 1.807) is 0 Å². The Kier molecular flexibility index (Phi) is 2.40. The first-order valence-electron chi connectivity index (χ1n) is 5.57. The van der Waals surface area contributed by atoms with E-state index in [0.717, 1.165) is 17.9 Å². The molecule has 1 spiro atoms. The van der Waals surface area contributed by atoms with E-state index in [1.807, 2.05) is 0 Å². The van der Waals surface area contributed by atoms with E-state index in [2.05, 4.69) is 0 Å². The van der Waals surface area contributed by atoms with E-state index in [0.29, 0.717) is 0 Å². The zero-order valence-corrected chi connectivity index (χ0v) is 8.02. The third-order valence-corrected chi connectivity index (χ3v) is 4.00. The van der Waals surface area contributed by atoms with E-state index >= 15 is 0 Å². The van der Waals surface area contributed by atoms with Gasteiger partial charge in [-0.25, -0.2) is 0 Å². The van der Waals surface area contributed by atoms with Gasteiger partial charge in [-0.2, -0.15) is 0 Å². The zero-order valence-electron chi connectivity index (χ0n) is 8.02. The average molecular weight is 167 g/mol. The molecule has 2 fully saturated rings. The molecule has 1 unspecified atom stereocenters. The van der Waals surface area contributed by atoms with E-state index in [-0.39, 0.29) is 0 Å². The van der Waals surface area contributed by atoms with Crippen LogP contribution in [-0.4, -0.2) is 6.54 Å². The van der Waals surface area contributed by atoms with Crippen LogP contribution in [0.1, 0.15) is 51.4 Å². The average Bonchev–Trinajstić information content (AvgIpc) is 2.85. The first-order chi connectivity index (χ1) is 5.87. The summed E-state index contributed by atoms with van der Waals surface area (Å²) in [5, 5.41) is 0. The first kappa shape index (κ1) is 8.55. The molecule has 0 radical (unpaired) electrons. The standard InChI is InChI=1S/C11H21N/c12-9-5-10-4-2-1-3-6-11(10)7-8-11/h10H,1-9,12H2. The van der Waals surface area contributed by atoms with Crippen molar-refractivity contribution < 1.29 is 0 Å². The molecular formula is C11H21N. The fourth-order valence-corrected chi connectivity index (χ4v) is 3.03. The van der Waals surface area contributed by atoms with Gasteiger partial charge in [0.15, 0.2) is 0 Å². The molecule has 0 aliphatic heterocycles. The van der Waals surface area contributed by atoms with Crippen LogP contribution < -0.4 is 5.73 Å². The fourth-order valence-electron chi connectivity index (χ4n) is 3.03. The van der Waals surface area contributed by atoms with Gasteiger partial charge in [0.2, 0.25) is 0 Å². The molecule has 70 valence electrons. The van der Waals surface area contributed by atoms with E-state index in [9.17, 15) is 0 Å². The van der Waals surface area contributed by atoms with Crippen LogP contribution in [0.5, 0.6) is 0 Å². The van der Waals surface area contributed by atoms with Crippen LogP contribution in [-0.2, 0) is 0 Å². The maximum absolute atomic E-state index is 5.66. The third-order valence-electron chi connectivity index (χ3n) is 4.00. The van der Waals surface area contributed by atoms with Crippen molar-refractivity contribution >= 4 is 0 Å². The molecule has 0 aromatic rings. The molecule has 12 heavy (non-hydrogen) atoms. The van der Waals surface area contributed by atoms with E-state index in [4.69, 9.17) is 5.73 Å². The van der Waals surface area contributed by atoms with Crippen molar-refractivity contribution in [3.05, 3.63) is 0 Å². The van der Waals surface area contributed by atoms with Crippen molar-refractivity contribution in [3.63, 3.8) is 0 Å². The second kappa shape index (κ2) is 3.37. The Morgan fingerprint density at radius 2 is 1.92 bits per heavy atom. The van der Waals surface area contributed by atoms with Crippen molar-refractivity contribution in [2.24, 2.45) is 17.1 Å². The quantitative estimate of drug-likeness (QED) is 0.672. The lowest BCUT2D eigenvalue weighted by Gasteiger charge is -2.23. The lowest BCUT2D eigenvalue weighted by atomic mass is 9.82. The third kappa shape index (κ3) is 1.52. The second-order valence-electron chi connectivity index (χ2n) is 4.74. The van der Waals surface area contributed by atoms with Crippen LogP contribution in [0.2, 0.25) is 0 Å². The van der Waals surface area contributed by atoms with Gasteiger partial charge in [-0.15, -0.1) is 0 Å². The topological polar surface area (TPSA) is 26.0 Å². The van der Waals surface area contributed by atoms with Crippen LogP contribution in [0.3, 0.4) is 0 Å². The molecule has 1 nitrogen and oxygen atoms in total. The molecule has 2 aliphatic rings. The molecule has 0 amide bonds. The monoisotopic (exact) mass is 167 g/mol. The largest absolute Gasteiger partial charge is 0.330 e. The van der Waals surface area contributed by atoms with Gasteiger partial charge in [-0.05, 0) is 50.0 Å². The number of nitrogens with two attached hydrogens (primary N) is 1. The van der Waals surface area contributed by atoms with Crippen molar-refractivity contribution in [2.75, 3.05) is 6.54 Å². The van der Waals surface area contributed by atoms with Gasteiger partial charge < -0.3 is 5.73 Å². The van der Waals surface area contributed by atoms with Gasteiger partial charge in [0.25, 0.3) is 0 Å². The lowest BCUT2D eigenvalue weighted by molar-refractivity contribution is 0.274. The molecule has 0 aromatic carbocycles. The number of rotatable bonds is 2. The van der Waals surface area contributed by atoms with E-state index in [1.165, 1.54) is 51.4 Å². The summed E-state index contributed by atoms with van der Waals surface area (Å²) in [5.74, 6) is 0.991. The predicted molar refractivity (Wildman–Crippen MR) is 51.9 cm³/mol. The highest BCUT2D eigenvalue weighted by Gasteiger charge is 2.48. The van der Waals surface area contributed by atoms with Gasteiger partial charge in [-0.1, -0.05) is 19.3 Å². The minimum atomic E-state index is 0.801. The smallest absolute Gasteiger partial charge is 0.00744 e. The molecule has 0 saturated heterocycles. The Labute approximate surface area is 75.7 Å².